The van der Waals surface area contributed by atoms with Gasteiger partial charge in [-0.25, -0.2) is 4.79 Å². The van der Waals surface area contributed by atoms with E-state index in [0.717, 1.165) is 11.1 Å². The maximum absolute atomic E-state index is 13.0. The molecule has 2 N–H and O–H groups in total. The van der Waals surface area contributed by atoms with Crippen molar-refractivity contribution in [2.75, 3.05) is 32.8 Å². The molecule has 2 aromatic carbocycles. The minimum Gasteiger partial charge on any atom is -0.378 e. The fourth-order valence-corrected chi connectivity index (χ4v) is 3.21. The molecule has 1 aliphatic heterocycles. The van der Waals surface area contributed by atoms with E-state index in [2.05, 4.69) is 10.6 Å². The molecular formula is C21H24ClN3O3. The van der Waals surface area contributed by atoms with Gasteiger partial charge in [0.25, 0.3) is 0 Å². The van der Waals surface area contributed by atoms with Gasteiger partial charge < -0.3 is 20.3 Å². The molecule has 1 unspecified atom stereocenters. The van der Waals surface area contributed by atoms with Crippen LogP contribution < -0.4 is 10.6 Å². The fourth-order valence-electron chi connectivity index (χ4n) is 3.08. The average Bonchev–Trinajstić information content (AvgIpc) is 2.74. The first-order valence-electron chi connectivity index (χ1n) is 9.31. The summed E-state index contributed by atoms with van der Waals surface area (Å²) in [6, 6.07) is 16.5. The standard InChI is InChI=1S/C21H24ClN3O3/c22-18-8-6-16(7-9-18)14-23-21(27)24-15-19(17-4-2-1-3-5-17)20(26)25-10-12-28-13-11-25/h1-9,19H,10-15H2,(H2,23,24,27). The van der Waals surface area contributed by atoms with Gasteiger partial charge in [0.05, 0.1) is 19.1 Å². The Morgan fingerprint density at radius 3 is 2.36 bits per heavy atom. The molecule has 0 aromatic heterocycles. The molecule has 3 rings (SSSR count). The Labute approximate surface area is 169 Å². The number of amides is 3. The zero-order valence-electron chi connectivity index (χ0n) is 15.6. The Kier molecular flexibility index (Phi) is 7.28. The summed E-state index contributed by atoms with van der Waals surface area (Å²) in [7, 11) is 0. The highest BCUT2D eigenvalue weighted by Crippen LogP contribution is 2.19. The van der Waals surface area contributed by atoms with Crippen LogP contribution in [0.25, 0.3) is 0 Å². The second-order valence-electron chi connectivity index (χ2n) is 6.59. The molecule has 7 heteroatoms. The summed E-state index contributed by atoms with van der Waals surface area (Å²) in [6.07, 6.45) is 0. The summed E-state index contributed by atoms with van der Waals surface area (Å²) in [5.74, 6) is -0.423. The van der Waals surface area contributed by atoms with Crippen LogP contribution in [0.4, 0.5) is 4.79 Å². The number of morpholine rings is 1. The molecule has 1 aliphatic rings. The zero-order valence-corrected chi connectivity index (χ0v) is 16.3. The zero-order chi connectivity index (χ0) is 19.8. The lowest BCUT2D eigenvalue weighted by molar-refractivity contribution is -0.136. The number of nitrogens with one attached hydrogen (secondary N) is 2. The largest absolute Gasteiger partial charge is 0.378 e. The predicted octanol–water partition coefficient (Wildman–Crippen LogP) is 2.78. The molecule has 0 saturated carbocycles. The van der Waals surface area contributed by atoms with Crippen molar-refractivity contribution in [3.8, 4) is 0 Å². The summed E-state index contributed by atoms with van der Waals surface area (Å²) in [5, 5.41) is 6.29. The molecule has 3 amide bonds. The van der Waals surface area contributed by atoms with Crippen LogP contribution in [0, 0.1) is 0 Å². The SMILES string of the molecule is O=C(NCc1ccc(Cl)cc1)NCC(C(=O)N1CCOCC1)c1ccccc1. The van der Waals surface area contributed by atoms with E-state index in [0.29, 0.717) is 37.9 Å². The Balaban J connectivity index is 1.58. The van der Waals surface area contributed by atoms with Gasteiger partial charge in [-0.2, -0.15) is 0 Å². The van der Waals surface area contributed by atoms with E-state index in [1.54, 1.807) is 17.0 Å². The van der Waals surface area contributed by atoms with E-state index in [4.69, 9.17) is 16.3 Å². The first kappa shape index (κ1) is 20.2. The summed E-state index contributed by atoms with van der Waals surface area (Å²) in [4.78, 5) is 27.0. The van der Waals surface area contributed by atoms with Crippen LogP contribution in [0.3, 0.4) is 0 Å². The summed E-state index contributed by atoms with van der Waals surface area (Å²) in [6.45, 7) is 2.85. The molecule has 1 atom stereocenters. The number of rotatable bonds is 6. The van der Waals surface area contributed by atoms with Crippen LogP contribution in [-0.2, 0) is 16.1 Å². The van der Waals surface area contributed by atoms with Crippen molar-refractivity contribution >= 4 is 23.5 Å². The van der Waals surface area contributed by atoms with Gasteiger partial charge >= 0.3 is 6.03 Å². The fraction of sp³-hybridized carbons (Fsp3) is 0.333. The molecule has 1 saturated heterocycles. The van der Waals surface area contributed by atoms with Gasteiger partial charge in [0, 0.05) is 31.2 Å². The molecule has 0 aliphatic carbocycles. The number of halogens is 1. The minimum atomic E-state index is -0.430. The van der Waals surface area contributed by atoms with Crippen molar-refractivity contribution in [3.05, 3.63) is 70.7 Å². The first-order valence-corrected chi connectivity index (χ1v) is 9.69. The topological polar surface area (TPSA) is 70.7 Å². The van der Waals surface area contributed by atoms with Crippen LogP contribution in [0.1, 0.15) is 17.0 Å². The van der Waals surface area contributed by atoms with Crippen molar-refractivity contribution in [1.82, 2.24) is 15.5 Å². The van der Waals surface area contributed by atoms with Gasteiger partial charge in [-0.3, -0.25) is 4.79 Å². The van der Waals surface area contributed by atoms with E-state index in [1.807, 2.05) is 42.5 Å². The normalized spacial score (nSPS) is 15.0. The van der Waals surface area contributed by atoms with Crippen LogP contribution in [0.2, 0.25) is 5.02 Å². The van der Waals surface area contributed by atoms with E-state index in [-0.39, 0.29) is 18.5 Å². The Bertz CT molecular complexity index is 777. The predicted molar refractivity (Wildman–Crippen MR) is 108 cm³/mol. The number of carbonyl (C=O) groups excluding carboxylic acids is 2. The van der Waals surface area contributed by atoms with Crippen molar-refractivity contribution in [2.24, 2.45) is 0 Å². The Morgan fingerprint density at radius 2 is 1.68 bits per heavy atom. The molecule has 6 nitrogen and oxygen atoms in total. The molecule has 0 spiro atoms. The maximum Gasteiger partial charge on any atom is 0.315 e. The third kappa shape index (κ3) is 5.71. The van der Waals surface area contributed by atoms with E-state index in [1.165, 1.54) is 0 Å². The second-order valence-corrected chi connectivity index (χ2v) is 7.03. The van der Waals surface area contributed by atoms with Crippen molar-refractivity contribution in [3.63, 3.8) is 0 Å². The molecule has 0 bridgehead atoms. The number of nitrogens with zero attached hydrogens (tertiary/aromatic N) is 1. The molecule has 1 fully saturated rings. The van der Waals surface area contributed by atoms with Gasteiger partial charge in [0.1, 0.15) is 0 Å². The Morgan fingerprint density at radius 1 is 1.00 bits per heavy atom. The van der Waals surface area contributed by atoms with Crippen LogP contribution in [-0.4, -0.2) is 49.7 Å². The summed E-state index contributed by atoms with van der Waals surface area (Å²) < 4.78 is 5.33. The second kappa shape index (κ2) is 10.1. The third-order valence-corrected chi connectivity index (χ3v) is 4.91. The van der Waals surface area contributed by atoms with Crippen molar-refractivity contribution < 1.29 is 14.3 Å². The highest BCUT2D eigenvalue weighted by Gasteiger charge is 2.27. The van der Waals surface area contributed by atoms with Crippen LogP contribution >= 0.6 is 11.6 Å². The number of urea groups is 1. The highest BCUT2D eigenvalue weighted by molar-refractivity contribution is 6.30. The average molecular weight is 402 g/mol. The maximum atomic E-state index is 13.0. The molecule has 28 heavy (non-hydrogen) atoms. The number of hydrogen-bond donors (Lipinski definition) is 2. The van der Waals surface area contributed by atoms with Gasteiger partial charge in [0.15, 0.2) is 0 Å². The molecule has 1 heterocycles. The van der Waals surface area contributed by atoms with Gasteiger partial charge in [-0.05, 0) is 23.3 Å². The summed E-state index contributed by atoms with van der Waals surface area (Å²) >= 11 is 5.87. The van der Waals surface area contributed by atoms with Gasteiger partial charge in [0.2, 0.25) is 5.91 Å². The number of ether oxygens (including phenoxy) is 1. The molecular weight excluding hydrogens is 378 g/mol. The lowest BCUT2D eigenvalue weighted by Crippen LogP contribution is -2.46. The van der Waals surface area contributed by atoms with Crippen LogP contribution in [0.15, 0.2) is 54.6 Å². The summed E-state index contributed by atoms with van der Waals surface area (Å²) in [5.41, 5.74) is 1.83. The quantitative estimate of drug-likeness (QED) is 0.781. The van der Waals surface area contributed by atoms with E-state index >= 15 is 0 Å². The highest BCUT2D eigenvalue weighted by atomic mass is 35.5. The Hall–Kier alpha value is -2.57. The van der Waals surface area contributed by atoms with Crippen molar-refractivity contribution in [2.45, 2.75) is 12.5 Å². The lowest BCUT2D eigenvalue weighted by Gasteiger charge is -2.30. The minimum absolute atomic E-state index is 0.00695. The third-order valence-electron chi connectivity index (χ3n) is 4.66. The number of carbonyl (C=O) groups is 2. The first-order chi connectivity index (χ1) is 13.6. The van der Waals surface area contributed by atoms with Gasteiger partial charge in [-0.15, -0.1) is 0 Å². The van der Waals surface area contributed by atoms with Crippen molar-refractivity contribution in [1.29, 1.82) is 0 Å². The number of hydrogen-bond acceptors (Lipinski definition) is 3. The number of benzene rings is 2. The molecule has 148 valence electrons. The van der Waals surface area contributed by atoms with Crippen LogP contribution in [0.5, 0.6) is 0 Å². The molecule has 2 aromatic rings. The monoisotopic (exact) mass is 401 g/mol. The lowest BCUT2D eigenvalue weighted by atomic mass is 9.97. The van der Waals surface area contributed by atoms with E-state index < -0.39 is 5.92 Å². The van der Waals surface area contributed by atoms with E-state index in [9.17, 15) is 9.59 Å². The van der Waals surface area contributed by atoms with Gasteiger partial charge in [-0.1, -0.05) is 54.1 Å². The molecule has 0 radical (unpaired) electrons. The smallest absolute Gasteiger partial charge is 0.315 e.